The summed E-state index contributed by atoms with van der Waals surface area (Å²) in [5.74, 6) is 1.01. The first-order chi connectivity index (χ1) is 14.7. The summed E-state index contributed by atoms with van der Waals surface area (Å²) in [6.45, 7) is 10.2. The fraction of sp³-hybridized carbons (Fsp3) is 0.500. The highest BCUT2D eigenvalue weighted by Gasteiger charge is 2.23. The molecule has 0 atom stereocenters. The molecule has 5 heterocycles. The van der Waals surface area contributed by atoms with Gasteiger partial charge in [-0.2, -0.15) is 0 Å². The predicted octanol–water partition coefficient (Wildman–Crippen LogP) is 1.28. The summed E-state index contributed by atoms with van der Waals surface area (Å²) in [6.07, 6.45) is 3.50. The number of nitrogens with zero attached hydrogens (tertiary/aromatic N) is 6. The zero-order valence-corrected chi connectivity index (χ0v) is 17.9. The lowest BCUT2D eigenvalue weighted by Gasteiger charge is -2.28. The molecule has 2 fully saturated rings. The summed E-state index contributed by atoms with van der Waals surface area (Å²) in [4.78, 5) is 24.4. The van der Waals surface area contributed by atoms with Crippen molar-refractivity contribution in [3.63, 3.8) is 0 Å². The van der Waals surface area contributed by atoms with Crippen LogP contribution >= 0.6 is 11.3 Å². The molecule has 158 valence electrons. The van der Waals surface area contributed by atoms with E-state index < -0.39 is 0 Å². The second-order valence-electron chi connectivity index (χ2n) is 7.64. The Morgan fingerprint density at radius 1 is 1.10 bits per heavy atom. The molecule has 0 saturated carbocycles. The third kappa shape index (κ3) is 3.83. The van der Waals surface area contributed by atoms with E-state index in [1.54, 1.807) is 23.7 Å². The number of nitrogen functional groups attached to an aromatic ring is 1. The van der Waals surface area contributed by atoms with Gasteiger partial charge < -0.3 is 20.7 Å². The van der Waals surface area contributed by atoms with Gasteiger partial charge in [0.25, 0.3) is 0 Å². The normalized spacial score (nSPS) is 18.2. The summed E-state index contributed by atoms with van der Waals surface area (Å²) in [7, 11) is 0. The van der Waals surface area contributed by atoms with Gasteiger partial charge in [0.1, 0.15) is 0 Å². The Morgan fingerprint density at radius 2 is 1.83 bits per heavy atom. The van der Waals surface area contributed by atoms with Gasteiger partial charge in [-0.3, -0.25) is 4.90 Å². The van der Waals surface area contributed by atoms with Crippen LogP contribution in [0, 0.1) is 6.92 Å². The summed E-state index contributed by atoms with van der Waals surface area (Å²) in [5.41, 5.74) is 9.79. The van der Waals surface area contributed by atoms with Crippen molar-refractivity contribution < 1.29 is 4.74 Å². The minimum absolute atomic E-state index is 0.263. The highest BCUT2D eigenvalue weighted by atomic mass is 32.1. The smallest absolute Gasteiger partial charge is 0.226 e. The quantitative estimate of drug-likeness (QED) is 0.638. The monoisotopic (exact) mass is 426 g/mol. The molecule has 10 heteroatoms. The second-order valence-corrected chi connectivity index (χ2v) is 8.87. The predicted molar refractivity (Wildman–Crippen MR) is 119 cm³/mol. The number of nitrogens with one attached hydrogen (secondary N) is 1. The summed E-state index contributed by atoms with van der Waals surface area (Å²) in [6, 6.07) is 0. The molecule has 0 unspecified atom stereocenters. The number of aromatic nitrogens is 4. The fourth-order valence-corrected chi connectivity index (χ4v) is 5.08. The van der Waals surface area contributed by atoms with E-state index in [4.69, 9.17) is 20.4 Å². The first-order valence-corrected chi connectivity index (χ1v) is 11.1. The molecule has 0 amide bonds. The number of hydrogen-bond acceptors (Lipinski definition) is 10. The Labute approximate surface area is 179 Å². The summed E-state index contributed by atoms with van der Waals surface area (Å²) >= 11 is 1.75. The maximum absolute atomic E-state index is 5.71. The van der Waals surface area contributed by atoms with Gasteiger partial charge in [-0.15, -0.1) is 11.3 Å². The Kier molecular flexibility index (Phi) is 5.47. The van der Waals surface area contributed by atoms with Crippen LogP contribution in [-0.2, 0) is 11.3 Å². The lowest BCUT2D eigenvalue weighted by Crippen LogP contribution is -2.43. The van der Waals surface area contributed by atoms with E-state index in [9.17, 15) is 0 Å². The molecule has 30 heavy (non-hydrogen) atoms. The molecule has 2 saturated heterocycles. The van der Waals surface area contributed by atoms with E-state index >= 15 is 0 Å². The molecule has 0 bridgehead atoms. The third-order valence-corrected chi connectivity index (χ3v) is 6.79. The van der Waals surface area contributed by atoms with E-state index in [1.165, 1.54) is 10.4 Å². The van der Waals surface area contributed by atoms with E-state index in [-0.39, 0.29) is 5.95 Å². The van der Waals surface area contributed by atoms with Gasteiger partial charge in [-0.05, 0) is 6.92 Å². The SMILES string of the molecule is Cc1sc2c(-c3cnc(N)nc3)nc(N3CCOCC3)nc2c1CN1CCNCC1. The summed E-state index contributed by atoms with van der Waals surface area (Å²) in [5, 5.41) is 3.43. The number of aryl methyl sites for hydroxylation is 1. The van der Waals surface area contributed by atoms with Gasteiger partial charge in [0.15, 0.2) is 0 Å². The number of piperazine rings is 1. The van der Waals surface area contributed by atoms with Crippen molar-refractivity contribution in [1.29, 1.82) is 0 Å². The number of thiophene rings is 1. The molecule has 0 radical (unpaired) electrons. The van der Waals surface area contributed by atoms with Crippen molar-refractivity contribution in [3.8, 4) is 11.3 Å². The average Bonchev–Trinajstić information content (AvgIpc) is 3.10. The lowest BCUT2D eigenvalue weighted by atomic mass is 10.1. The van der Waals surface area contributed by atoms with Crippen molar-refractivity contribution in [1.82, 2.24) is 30.2 Å². The number of ether oxygens (including phenoxy) is 1. The lowest BCUT2D eigenvalue weighted by molar-refractivity contribution is 0.122. The van der Waals surface area contributed by atoms with Crippen LogP contribution in [0.3, 0.4) is 0 Å². The van der Waals surface area contributed by atoms with Crippen LogP contribution in [0.15, 0.2) is 12.4 Å². The van der Waals surface area contributed by atoms with Crippen molar-refractivity contribution in [2.24, 2.45) is 0 Å². The largest absolute Gasteiger partial charge is 0.378 e. The van der Waals surface area contributed by atoms with Crippen LogP contribution in [0.25, 0.3) is 21.5 Å². The van der Waals surface area contributed by atoms with Crippen LogP contribution in [0.1, 0.15) is 10.4 Å². The highest BCUT2D eigenvalue weighted by Crippen LogP contribution is 2.37. The van der Waals surface area contributed by atoms with Crippen molar-refractivity contribution in [2.75, 3.05) is 63.1 Å². The van der Waals surface area contributed by atoms with Gasteiger partial charge in [0, 0.05) is 74.2 Å². The molecular formula is C20H26N8OS. The molecule has 0 spiro atoms. The Balaban J connectivity index is 1.63. The molecule has 0 aromatic carbocycles. The number of rotatable bonds is 4. The van der Waals surface area contributed by atoms with Crippen LogP contribution in [0.2, 0.25) is 0 Å². The number of hydrogen-bond donors (Lipinski definition) is 2. The number of nitrogens with two attached hydrogens (primary N) is 1. The molecule has 3 N–H and O–H groups in total. The molecule has 3 aromatic rings. The minimum Gasteiger partial charge on any atom is -0.378 e. The van der Waals surface area contributed by atoms with E-state index in [1.807, 2.05) is 0 Å². The topological polar surface area (TPSA) is 105 Å². The maximum Gasteiger partial charge on any atom is 0.226 e. The zero-order chi connectivity index (χ0) is 20.5. The third-order valence-electron chi connectivity index (χ3n) is 5.65. The molecule has 2 aliphatic rings. The van der Waals surface area contributed by atoms with Gasteiger partial charge in [-0.1, -0.05) is 0 Å². The zero-order valence-electron chi connectivity index (χ0n) is 17.1. The van der Waals surface area contributed by atoms with Gasteiger partial charge in [0.05, 0.1) is 29.1 Å². The maximum atomic E-state index is 5.71. The molecule has 0 aliphatic carbocycles. The van der Waals surface area contributed by atoms with Gasteiger partial charge in [0.2, 0.25) is 11.9 Å². The average molecular weight is 427 g/mol. The van der Waals surface area contributed by atoms with Crippen molar-refractivity contribution >= 4 is 33.5 Å². The number of anilines is 2. The van der Waals surface area contributed by atoms with Crippen molar-refractivity contribution in [3.05, 3.63) is 22.8 Å². The van der Waals surface area contributed by atoms with Crippen LogP contribution < -0.4 is 16.0 Å². The Bertz CT molecular complexity index is 1030. The minimum atomic E-state index is 0.263. The van der Waals surface area contributed by atoms with E-state index in [2.05, 4.69) is 32.0 Å². The van der Waals surface area contributed by atoms with Gasteiger partial charge >= 0.3 is 0 Å². The molecular weight excluding hydrogens is 400 g/mol. The first kappa shape index (κ1) is 19.6. The van der Waals surface area contributed by atoms with Gasteiger partial charge in [-0.25, -0.2) is 19.9 Å². The van der Waals surface area contributed by atoms with Crippen LogP contribution in [-0.4, -0.2) is 77.3 Å². The van der Waals surface area contributed by atoms with Crippen LogP contribution in [0.5, 0.6) is 0 Å². The molecule has 9 nitrogen and oxygen atoms in total. The van der Waals surface area contributed by atoms with Crippen LogP contribution in [0.4, 0.5) is 11.9 Å². The van der Waals surface area contributed by atoms with E-state index in [0.717, 1.165) is 73.2 Å². The number of morpholine rings is 1. The fourth-order valence-electron chi connectivity index (χ4n) is 3.96. The number of fused-ring (bicyclic) bond motifs is 1. The highest BCUT2D eigenvalue weighted by molar-refractivity contribution is 7.19. The van der Waals surface area contributed by atoms with E-state index in [0.29, 0.717) is 13.2 Å². The standard InChI is InChI=1S/C20H26N8OS/c1-13-15(12-27-4-2-22-3-5-27)17-18(30-13)16(14-10-23-19(21)24-11-14)25-20(26-17)28-6-8-29-9-7-28/h10-11,22H,2-9,12H2,1H3,(H2,21,23,24). The van der Waals surface area contributed by atoms with Crippen molar-refractivity contribution in [2.45, 2.75) is 13.5 Å². The Morgan fingerprint density at radius 3 is 2.57 bits per heavy atom. The first-order valence-electron chi connectivity index (χ1n) is 10.3. The summed E-state index contributed by atoms with van der Waals surface area (Å²) < 4.78 is 6.61. The molecule has 2 aliphatic heterocycles. The molecule has 3 aromatic heterocycles. The Hall–Kier alpha value is -2.40. The molecule has 5 rings (SSSR count). The second kappa shape index (κ2) is 8.38.